The first-order valence-corrected chi connectivity index (χ1v) is 12.8. The lowest BCUT2D eigenvalue weighted by Gasteiger charge is -2.32. The maximum absolute atomic E-state index is 13.2. The SMILES string of the molecule is CCOC(=O)CCCOc1cc2c(cc1C)CC(CC1CCN(Cc3ccccc3)CC1)C2=O. The Morgan fingerprint density at radius 1 is 1.12 bits per heavy atom. The van der Waals surface area contributed by atoms with E-state index in [0.717, 1.165) is 54.9 Å². The van der Waals surface area contributed by atoms with E-state index < -0.39 is 0 Å². The fourth-order valence-electron chi connectivity index (χ4n) is 5.33. The average molecular weight is 464 g/mol. The molecule has 2 aromatic carbocycles. The summed E-state index contributed by atoms with van der Waals surface area (Å²) in [4.78, 5) is 27.2. The van der Waals surface area contributed by atoms with E-state index in [1.807, 2.05) is 19.9 Å². The summed E-state index contributed by atoms with van der Waals surface area (Å²) in [6.45, 7) is 7.91. The Hall–Kier alpha value is -2.66. The molecule has 4 rings (SSSR count). The smallest absolute Gasteiger partial charge is 0.305 e. The van der Waals surface area contributed by atoms with Gasteiger partial charge in [-0.25, -0.2) is 0 Å². The van der Waals surface area contributed by atoms with Crippen LogP contribution in [0, 0.1) is 18.8 Å². The van der Waals surface area contributed by atoms with E-state index in [2.05, 4.69) is 41.3 Å². The van der Waals surface area contributed by atoms with Crippen LogP contribution in [0.5, 0.6) is 5.75 Å². The lowest BCUT2D eigenvalue weighted by molar-refractivity contribution is -0.143. The van der Waals surface area contributed by atoms with Crippen LogP contribution in [0.15, 0.2) is 42.5 Å². The molecule has 1 fully saturated rings. The largest absolute Gasteiger partial charge is 0.493 e. The molecule has 1 saturated heterocycles. The summed E-state index contributed by atoms with van der Waals surface area (Å²) in [5.41, 5.74) is 4.42. The molecular formula is C29H37NO4. The van der Waals surface area contributed by atoms with Crippen LogP contribution < -0.4 is 4.74 Å². The highest BCUT2D eigenvalue weighted by atomic mass is 16.5. The van der Waals surface area contributed by atoms with Crippen LogP contribution in [0.4, 0.5) is 0 Å². The molecule has 34 heavy (non-hydrogen) atoms. The molecule has 0 aromatic heterocycles. The molecule has 1 aliphatic heterocycles. The minimum atomic E-state index is -0.194. The van der Waals surface area contributed by atoms with Crippen LogP contribution in [0.25, 0.3) is 0 Å². The highest BCUT2D eigenvalue weighted by Gasteiger charge is 2.34. The quantitative estimate of drug-likeness (QED) is 0.350. The predicted molar refractivity (Wildman–Crippen MR) is 133 cm³/mol. The number of rotatable bonds is 10. The Bertz CT molecular complexity index is 979. The molecule has 5 nitrogen and oxygen atoms in total. The Morgan fingerprint density at radius 3 is 2.62 bits per heavy atom. The fraction of sp³-hybridized carbons (Fsp3) is 0.517. The standard InChI is InChI=1S/C29H37NO4/c1-3-33-28(31)10-7-15-34-27-19-26-24(16-21(27)2)18-25(29(26)32)17-22-11-13-30(14-12-22)20-23-8-5-4-6-9-23/h4-6,8-9,16,19,22,25H,3,7,10-15,17-18,20H2,1-2H3. The highest BCUT2D eigenvalue weighted by molar-refractivity contribution is 6.02. The first-order valence-electron chi connectivity index (χ1n) is 12.8. The van der Waals surface area contributed by atoms with Crippen molar-refractivity contribution in [1.82, 2.24) is 4.90 Å². The van der Waals surface area contributed by atoms with Gasteiger partial charge in [0, 0.05) is 24.4 Å². The second-order valence-electron chi connectivity index (χ2n) is 9.74. The molecule has 2 aromatic rings. The van der Waals surface area contributed by atoms with Crippen molar-refractivity contribution in [1.29, 1.82) is 0 Å². The molecule has 0 bridgehead atoms. The summed E-state index contributed by atoms with van der Waals surface area (Å²) in [5, 5.41) is 0. The zero-order chi connectivity index (χ0) is 23.9. The first-order chi connectivity index (χ1) is 16.5. The molecule has 0 amide bonds. The number of Topliss-reactive ketones (excluding diaryl/α,β-unsaturated/α-hetero) is 1. The van der Waals surface area contributed by atoms with Crippen molar-refractivity contribution in [2.45, 2.75) is 58.9 Å². The fourth-order valence-corrected chi connectivity index (χ4v) is 5.33. The number of hydrogen-bond acceptors (Lipinski definition) is 5. The molecular weight excluding hydrogens is 426 g/mol. The van der Waals surface area contributed by atoms with Gasteiger partial charge in [0.1, 0.15) is 5.75 Å². The minimum absolute atomic E-state index is 0.0964. The molecule has 0 N–H and O–H groups in total. The van der Waals surface area contributed by atoms with Crippen LogP contribution >= 0.6 is 0 Å². The Morgan fingerprint density at radius 2 is 1.88 bits per heavy atom. The van der Waals surface area contributed by atoms with Gasteiger partial charge in [-0.2, -0.15) is 0 Å². The lowest BCUT2D eigenvalue weighted by atomic mass is 9.85. The number of ketones is 1. The number of benzene rings is 2. The van der Waals surface area contributed by atoms with E-state index in [0.29, 0.717) is 32.0 Å². The number of carbonyl (C=O) groups is 2. The van der Waals surface area contributed by atoms with Crippen molar-refractivity contribution >= 4 is 11.8 Å². The van der Waals surface area contributed by atoms with Gasteiger partial charge in [0.2, 0.25) is 0 Å². The van der Waals surface area contributed by atoms with Gasteiger partial charge < -0.3 is 9.47 Å². The molecule has 2 aliphatic rings. The van der Waals surface area contributed by atoms with Gasteiger partial charge in [0.05, 0.1) is 13.2 Å². The second-order valence-corrected chi connectivity index (χ2v) is 9.74. The Balaban J connectivity index is 1.26. The normalized spacial score (nSPS) is 18.6. The van der Waals surface area contributed by atoms with Crippen LogP contribution in [-0.4, -0.2) is 43.0 Å². The van der Waals surface area contributed by atoms with Crippen molar-refractivity contribution in [2.75, 3.05) is 26.3 Å². The van der Waals surface area contributed by atoms with Gasteiger partial charge >= 0.3 is 5.97 Å². The van der Waals surface area contributed by atoms with Crippen LogP contribution in [0.2, 0.25) is 0 Å². The molecule has 0 spiro atoms. The van der Waals surface area contributed by atoms with Crippen LogP contribution in [0.3, 0.4) is 0 Å². The van der Waals surface area contributed by atoms with E-state index in [9.17, 15) is 9.59 Å². The van der Waals surface area contributed by atoms with E-state index in [1.165, 1.54) is 18.4 Å². The predicted octanol–water partition coefficient (Wildman–Crippen LogP) is 5.37. The molecule has 0 saturated carbocycles. The van der Waals surface area contributed by atoms with Gasteiger partial charge in [-0.15, -0.1) is 0 Å². The van der Waals surface area contributed by atoms with E-state index in [-0.39, 0.29) is 17.7 Å². The highest BCUT2D eigenvalue weighted by Crippen LogP contribution is 2.37. The number of aryl methyl sites for hydroxylation is 1. The maximum Gasteiger partial charge on any atom is 0.305 e. The third kappa shape index (κ3) is 6.26. The monoisotopic (exact) mass is 463 g/mol. The van der Waals surface area contributed by atoms with Gasteiger partial charge in [0.25, 0.3) is 0 Å². The van der Waals surface area contributed by atoms with E-state index in [1.54, 1.807) is 0 Å². The molecule has 5 heteroatoms. The van der Waals surface area contributed by atoms with Crippen LogP contribution in [0.1, 0.15) is 66.1 Å². The third-order valence-corrected chi connectivity index (χ3v) is 7.17. The zero-order valence-corrected chi connectivity index (χ0v) is 20.6. The molecule has 1 atom stereocenters. The summed E-state index contributed by atoms with van der Waals surface area (Å²) in [5.74, 6) is 1.55. The number of carbonyl (C=O) groups excluding carboxylic acids is 2. The molecule has 1 unspecified atom stereocenters. The zero-order valence-electron chi connectivity index (χ0n) is 20.6. The minimum Gasteiger partial charge on any atom is -0.493 e. The number of ether oxygens (including phenoxy) is 2. The summed E-state index contributed by atoms with van der Waals surface area (Å²) in [6, 6.07) is 14.7. The number of fused-ring (bicyclic) bond motifs is 1. The van der Waals surface area contributed by atoms with Crippen molar-refractivity contribution in [3.05, 3.63) is 64.7 Å². The number of nitrogens with zero attached hydrogens (tertiary/aromatic N) is 1. The molecule has 1 aliphatic carbocycles. The first kappa shape index (κ1) is 24.5. The van der Waals surface area contributed by atoms with Crippen molar-refractivity contribution in [3.63, 3.8) is 0 Å². The number of esters is 1. The number of piperidine rings is 1. The Kier molecular flexibility index (Phi) is 8.39. The van der Waals surface area contributed by atoms with E-state index in [4.69, 9.17) is 9.47 Å². The summed E-state index contributed by atoms with van der Waals surface area (Å²) >= 11 is 0. The second kappa shape index (κ2) is 11.7. The maximum atomic E-state index is 13.2. The Labute approximate surface area is 203 Å². The van der Waals surface area contributed by atoms with E-state index >= 15 is 0 Å². The molecule has 182 valence electrons. The third-order valence-electron chi connectivity index (χ3n) is 7.17. The van der Waals surface area contributed by atoms with Gasteiger partial charge in [-0.3, -0.25) is 14.5 Å². The summed E-state index contributed by atoms with van der Waals surface area (Å²) < 4.78 is 10.9. The van der Waals surface area contributed by atoms with Gasteiger partial charge in [-0.1, -0.05) is 36.4 Å². The van der Waals surface area contributed by atoms with Crippen molar-refractivity contribution in [3.8, 4) is 5.75 Å². The summed E-state index contributed by atoms with van der Waals surface area (Å²) in [6.07, 6.45) is 5.13. The number of likely N-dealkylation sites (tertiary alicyclic amines) is 1. The van der Waals surface area contributed by atoms with Crippen molar-refractivity contribution < 1.29 is 19.1 Å². The van der Waals surface area contributed by atoms with Gasteiger partial charge in [-0.05, 0) is 87.7 Å². The lowest BCUT2D eigenvalue weighted by Crippen LogP contribution is -2.34. The topological polar surface area (TPSA) is 55.8 Å². The molecule has 1 heterocycles. The van der Waals surface area contributed by atoms with Gasteiger partial charge in [0.15, 0.2) is 5.78 Å². The molecule has 0 radical (unpaired) electrons. The van der Waals surface area contributed by atoms with Crippen LogP contribution in [-0.2, 0) is 22.5 Å². The van der Waals surface area contributed by atoms with Crippen molar-refractivity contribution in [2.24, 2.45) is 11.8 Å². The summed E-state index contributed by atoms with van der Waals surface area (Å²) in [7, 11) is 0. The average Bonchev–Trinajstić information content (AvgIpc) is 3.13. The number of hydrogen-bond donors (Lipinski definition) is 0.